The van der Waals surface area contributed by atoms with Crippen LogP contribution in [0.4, 0.5) is 0 Å². The maximum Gasteiger partial charge on any atom is 0.219 e. The van der Waals surface area contributed by atoms with Crippen LogP contribution in [0.5, 0.6) is 0 Å². The first kappa shape index (κ1) is 11.5. The highest BCUT2D eigenvalue weighted by atomic mass is 16.1. The van der Waals surface area contributed by atoms with Gasteiger partial charge in [-0.2, -0.15) is 0 Å². The number of hydrogen-bond donors (Lipinski definition) is 2. The SMILES string of the molecule is CNC(=O)CCCN1CCNCC1C. The average Bonchev–Trinajstić information content (AvgIpc) is 2.20. The van der Waals surface area contributed by atoms with Gasteiger partial charge >= 0.3 is 0 Å². The molecular weight excluding hydrogens is 178 g/mol. The summed E-state index contributed by atoms with van der Waals surface area (Å²) in [4.78, 5) is 13.4. The molecule has 1 aliphatic heterocycles. The first-order chi connectivity index (χ1) is 6.74. The van der Waals surface area contributed by atoms with Crippen molar-refractivity contribution < 1.29 is 4.79 Å². The minimum atomic E-state index is 0.146. The van der Waals surface area contributed by atoms with E-state index in [0.717, 1.165) is 32.6 Å². The van der Waals surface area contributed by atoms with Crippen LogP contribution in [0.3, 0.4) is 0 Å². The second kappa shape index (κ2) is 5.98. The largest absolute Gasteiger partial charge is 0.359 e. The predicted molar refractivity (Wildman–Crippen MR) is 57.2 cm³/mol. The van der Waals surface area contributed by atoms with Crippen molar-refractivity contribution in [1.82, 2.24) is 15.5 Å². The molecule has 1 atom stereocenters. The van der Waals surface area contributed by atoms with Gasteiger partial charge in [0.2, 0.25) is 5.91 Å². The van der Waals surface area contributed by atoms with E-state index in [1.807, 2.05) is 0 Å². The highest BCUT2D eigenvalue weighted by Crippen LogP contribution is 2.04. The maximum atomic E-state index is 11.0. The van der Waals surface area contributed by atoms with Crippen molar-refractivity contribution in [3.63, 3.8) is 0 Å². The zero-order chi connectivity index (χ0) is 10.4. The number of carbonyl (C=O) groups excluding carboxylic acids is 1. The van der Waals surface area contributed by atoms with Crippen LogP contribution >= 0.6 is 0 Å². The Morgan fingerprint density at radius 3 is 3.07 bits per heavy atom. The molecule has 2 N–H and O–H groups in total. The van der Waals surface area contributed by atoms with Crippen LogP contribution < -0.4 is 10.6 Å². The number of amides is 1. The lowest BCUT2D eigenvalue weighted by atomic mass is 10.2. The minimum Gasteiger partial charge on any atom is -0.359 e. The van der Waals surface area contributed by atoms with Crippen LogP contribution in [-0.4, -0.2) is 50.1 Å². The molecule has 1 amide bonds. The highest BCUT2D eigenvalue weighted by molar-refractivity contribution is 5.75. The Balaban J connectivity index is 2.13. The summed E-state index contributed by atoms with van der Waals surface area (Å²) in [6.45, 7) is 6.52. The minimum absolute atomic E-state index is 0.146. The van der Waals surface area contributed by atoms with Crippen molar-refractivity contribution in [1.29, 1.82) is 0 Å². The smallest absolute Gasteiger partial charge is 0.219 e. The topological polar surface area (TPSA) is 44.4 Å². The summed E-state index contributed by atoms with van der Waals surface area (Å²) >= 11 is 0. The molecule has 1 heterocycles. The fraction of sp³-hybridized carbons (Fsp3) is 0.900. The van der Waals surface area contributed by atoms with E-state index in [-0.39, 0.29) is 5.91 Å². The molecule has 1 fully saturated rings. The molecule has 82 valence electrons. The van der Waals surface area contributed by atoms with Gasteiger partial charge in [0.05, 0.1) is 0 Å². The summed E-state index contributed by atoms with van der Waals surface area (Å²) < 4.78 is 0. The first-order valence-electron chi connectivity index (χ1n) is 5.39. The third-order valence-electron chi connectivity index (χ3n) is 2.77. The third-order valence-corrected chi connectivity index (χ3v) is 2.77. The molecule has 0 saturated carbocycles. The van der Waals surface area contributed by atoms with Crippen molar-refractivity contribution in [2.75, 3.05) is 33.2 Å². The van der Waals surface area contributed by atoms with E-state index in [2.05, 4.69) is 22.5 Å². The van der Waals surface area contributed by atoms with Crippen LogP contribution in [0, 0.1) is 0 Å². The monoisotopic (exact) mass is 199 g/mol. The Bertz CT molecular complexity index is 184. The van der Waals surface area contributed by atoms with Crippen LogP contribution in [-0.2, 0) is 4.79 Å². The Kier molecular flexibility index (Phi) is 4.90. The summed E-state index contributed by atoms with van der Waals surface area (Å²) in [7, 11) is 1.69. The van der Waals surface area contributed by atoms with Crippen molar-refractivity contribution in [3.8, 4) is 0 Å². The molecule has 4 heteroatoms. The normalized spacial score (nSPS) is 23.4. The summed E-state index contributed by atoms with van der Waals surface area (Å²) in [6.07, 6.45) is 1.61. The van der Waals surface area contributed by atoms with Crippen molar-refractivity contribution in [2.45, 2.75) is 25.8 Å². The van der Waals surface area contributed by atoms with Gasteiger partial charge in [0.15, 0.2) is 0 Å². The number of rotatable bonds is 4. The lowest BCUT2D eigenvalue weighted by Gasteiger charge is -2.33. The van der Waals surface area contributed by atoms with Gasteiger partial charge < -0.3 is 10.6 Å². The molecule has 0 aromatic carbocycles. The van der Waals surface area contributed by atoms with Gasteiger partial charge in [0.1, 0.15) is 0 Å². The molecule has 0 aromatic rings. The molecular formula is C10H21N3O. The number of hydrogen-bond acceptors (Lipinski definition) is 3. The van der Waals surface area contributed by atoms with E-state index in [0.29, 0.717) is 12.5 Å². The van der Waals surface area contributed by atoms with E-state index >= 15 is 0 Å². The molecule has 0 bridgehead atoms. The molecule has 4 nitrogen and oxygen atoms in total. The van der Waals surface area contributed by atoms with Gasteiger partial charge in [-0.05, 0) is 19.9 Å². The van der Waals surface area contributed by atoms with Crippen LogP contribution in [0.1, 0.15) is 19.8 Å². The highest BCUT2D eigenvalue weighted by Gasteiger charge is 2.16. The lowest BCUT2D eigenvalue weighted by molar-refractivity contribution is -0.120. The fourth-order valence-corrected chi connectivity index (χ4v) is 1.78. The molecule has 14 heavy (non-hydrogen) atoms. The van der Waals surface area contributed by atoms with E-state index in [1.54, 1.807) is 7.05 Å². The second-order valence-electron chi connectivity index (χ2n) is 3.87. The first-order valence-corrected chi connectivity index (χ1v) is 5.39. The van der Waals surface area contributed by atoms with E-state index < -0.39 is 0 Å². The number of nitrogens with zero attached hydrogens (tertiary/aromatic N) is 1. The second-order valence-corrected chi connectivity index (χ2v) is 3.87. The Morgan fingerprint density at radius 2 is 2.43 bits per heavy atom. The molecule has 0 spiro atoms. The summed E-state index contributed by atoms with van der Waals surface area (Å²) in [5.74, 6) is 0.146. The van der Waals surface area contributed by atoms with Crippen molar-refractivity contribution in [3.05, 3.63) is 0 Å². The summed E-state index contributed by atoms with van der Waals surface area (Å²) in [5.41, 5.74) is 0. The predicted octanol–water partition coefficient (Wildman–Crippen LogP) is -0.194. The number of nitrogens with one attached hydrogen (secondary N) is 2. The van der Waals surface area contributed by atoms with Gasteiger partial charge in [0, 0.05) is 39.1 Å². The maximum absolute atomic E-state index is 11.0. The fourth-order valence-electron chi connectivity index (χ4n) is 1.78. The van der Waals surface area contributed by atoms with Crippen LogP contribution in [0.2, 0.25) is 0 Å². The molecule has 1 aliphatic rings. The Labute approximate surface area is 86.0 Å². The van der Waals surface area contributed by atoms with E-state index in [1.165, 1.54) is 0 Å². The molecule has 0 aromatic heterocycles. The van der Waals surface area contributed by atoms with Gasteiger partial charge in [-0.1, -0.05) is 0 Å². The van der Waals surface area contributed by atoms with E-state index in [4.69, 9.17) is 0 Å². The van der Waals surface area contributed by atoms with Crippen LogP contribution in [0.15, 0.2) is 0 Å². The Morgan fingerprint density at radius 1 is 1.64 bits per heavy atom. The van der Waals surface area contributed by atoms with E-state index in [9.17, 15) is 4.79 Å². The van der Waals surface area contributed by atoms with Gasteiger partial charge in [-0.25, -0.2) is 0 Å². The van der Waals surface area contributed by atoms with Crippen molar-refractivity contribution >= 4 is 5.91 Å². The number of piperazine rings is 1. The molecule has 1 saturated heterocycles. The van der Waals surface area contributed by atoms with Crippen molar-refractivity contribution in [2.24, 2.45) is 0 Å². The third kappa shape index (κ3) is 3.64. The quantitative estimate of drug-likeness (QED) is 0.659. The standard InChI is InChI=1S/C10H21N3O/c1-9-8-12-5-7-13(9)6-3-4-10(14)11-2/h9,12H,3-8H2,1-2H3,(H,11,14). The number of carbonyl (C=O) groups is 1. The molecule has 0 aliphatic carbocycles. The molecule has 0 radical (unpaired) electrons. The van der Waals surface area contributed by atoms with Gasteiger partial charge in [0.25, 0.3) is 0 Å². The molecule has 1 unspecified atom stereocenters. The summed E-state index contributed by atoms with van der Waals surface area (Å²) in [5, 5.41) is 6.00. The average molecular weight is 199 g/mol. The lowest BCUT2D eigenvalue weighted by Crippen LogP contribution is -2.50. The van der Waals surface area contributed by atoms with Gasteiger partial charge in [-0.15, -0.1) is 0 Å². The van der Waals surface area contributed by atoms with Gasteiger partial charge in [-0.3, -0.25) is 9.69 Å². The summed E-state index contributed by atoms with van der Waals surface area (Å²) in [6, 6.07) is 0.605. The zero-order valence-corrected chi connectivity index (χ0v) is 9.18. The van der Waals surface area contributed by atoms with Crippen LogP contribution in [0.25, 0.3) is 0 Å². The Hall–Kier alpha value is -0.610. The zero-order valence-electron chi connectivity index (χ0n) is 9.18. The molecule has 1 rings (SSSR count).